The molecule has 2 amide bonds. The maximum absolute atomic E-state index is 11.6. The molecule has 2 rings (SSSR count). The second-order valence-corrected chi connectivity index (χ2v) is 4.92. The number of rotatable bonds is 4. The van der Waals surface area contributed by atoms with Gasteiger partial charge in [0.25, 0.3) is 0 Å². The number of nitrogens with zero attached hydrogens (tertiary/aromatic N) is 1. The average Bonchev–Trinajstić information content (AvgIpc) is 2.40. The lowest BCUT2D eigenvalue weighted by atomic mass is 10.1. The number of carbonyl (C=O) groups excluding carboxylic acids is 1. The smallest absolute Gasteiger partial charge is 0.319 e. The average molecular weight is 320 g/mol. The van der Waals surface area contributed by atoms with Gasteiger partial charge in [-0.25, -0.2) is 4.79 Å². The molecule has 1 heterocycles. The van der Waals surface area contributed by atoms with E-state index in [9.17, 15) is 4.79 Å². The fraction of sp³-hybridized carbons (Fsp3) is 0.143. The van der Waals surface area contributed by atoms with Gasteiger partial charge in [-0.1, -0.05) is 28.1 Å². The molecule has 0 unspecified atom stereocenters. The van der Waals surface area contributed by atoms with E-state index in [1.807, 2.05) is 24.3 Å². The molecule has 98 valence electrons. The molecule has 0 saturated heterocycles. The summed E-state index contributed by atoms with van der Waals surface area (Å²) >= 11 is 3.42. The van der Waals surface area contributed by atoms with Gasteiger partial charge in [-0.3, -0.25) is 4.98 Å². The van der Waals surface area contributed by atoms with Gasteiger partial charge in [0.05, 0.1) is 11.9 Å². The highest BCUT2D eigenvalue weighted by Crippen LogP contribution is 2.11. The molecule has 5 heteroatoms. The van der Waals surface area contributed by atoms with E-state index in [1.54, 1.807) is 24.5 Å². The van der Waals surface area contributed by atoms with Crippen LogP contribution in [-0.2, 0) is 6.42 Å². The third-order valence-corrected chi connectivity index (χ3v) is 3.00. The number of anilines is 1. The fourth-order valence-electron chi connectivity index (χ4n) is 1.62. The molecule has 4 nitrogen and oxygen atoms in total. The van der Waals surface area contributed by atoms with Gasteiger partial charge in [-0.2, -0.15) is 0 Å². The Labute approximate surface area is 120 Å². The Morgan fingerprint density at radius 3 is 2.89 bits per heavy atom. The highest BCUT2D eigenvalue weighted by atomic mass is 79.9. The molecule has 2 aromatic rings. The normalized spacial score (nSPS) is 9.95. The summed E-state index contributed by atoms with van der Waals surface area (Å²) in [6.45, 7) is 0.586. The van der Waals surface area contributed by atoms with Crippen molar-refractivity contribution in [2.45, 2.75) is 6.42 Å². The first-order valence-electron chi connectivity index (χ1n) is 5.93. The number of amides is 2. The van der Waals surface area contributed by atoms with Crippen LogP contribution in [0.1, 0.15) is 5.56 Å². The Kier molecular flexibility index (Phi) is 4.92. The maximum Gasteiger partial charge on any atom is 0.319 e. The van der Waals surface area contributed by atoms with Crippen LogP contribution in [0.25, 0.3) is 0 Å². The predicted molar refractivity (Wildman–Crippen MR) is 79.1 cm³/mol. The van der Waals surface area contributed by atoms with Crippen LogP contribution in [0.2, 0.25) is 0 Å². The number of aromatic nitrogens is 1. The van der Waals surface area contributed by atoms with Crippen LogP contribution in [0, 0.1) is 0 Å². The van der Waals surface area contributed by atoms with Gasteiger partial charge in [0, 0.05) is 17.2 Å². The molecule has 0 aliphatic rings. The van der Waals surface area contributed by atoms with Gasteiger partial charge in [0.2, 0.25) is 0 Å². The van der Waals surface area contributed by atoms with Crippen molar-refractivity contribution in [3.63, 3.8) is 0 Å². The van der Waals surface area contributed by atoms with Crippen LogP contribution in [0.15, 0.2) is 53.3 Å². The second-order valence-electron chi connectivity index (χ2n) is 4.00. The minimum atomic E-state index is -0.219. The zero-order valence-corrected chi connectivity index (χ0v) is 11.9. The highest BCUT2D eigenvalue weighted by molar-refractivity contribution is 9.10. The van der Waals surface area contributed by atoms with Gasteiger partial charge in [0.1, 0.15) is 0 Å². The van der Waals surface area contributed by atoms with E-state index in [0.717, 1.165) is 10.9 Å². The van der Waals surface area contributed by atoms with Crippen LogP contribution < -0.4 is 10.6 Å². The Balaban J connectivity index is 1.75. The van der Waals surface area contributed by atoms with E-state index in [0.29, 0.717) is 12.2 Å². The molecule has 1 aromatic heterocycles. The summed E-state index contributed by atoms with van der Waals surface area (Å²) in [6, 6.07) is 11.4. The van der Waals surface area contributed by atoms with Crippen molar-refractivity contribution in [1.82, 2.24) is 10.3 Å². The third kappa shape index (κ3) is 4.71. The van der Waals surface area contributed by atoms with Gasteiger partial charge in [0.15, 0.2) is 0 Å². The highest BCUT2D eigenvalue weighted by Gasteiger charge is 2.01. The Morgan fingerprint density at radius 2 is 2.16 bits per heavy atom. The first kappa shape index (κ1) is 13.5. The number of urea groups is 1. The van der Waals surface area contributed by atoms with Crippen molar-refractivity contribution in [1.29, 1.82) is 0 Å². The van der Waals surface area contributed by atoms with Gasteiger partial charge >= 0.3 is 6.03 Å². The van der Waals surface area contributed by atoms with E-state index >= 15 is 0 Å². The van der Waals surface area contributed by atoms with Gasteiger partial charge in [-0.15, -0.1) is 0 Å². The molecule has 19 heavy (non-hydrogen) atoms. The number of nitrogens with one attached hydrogen (secondary N) is 2. The molecule has 2 N–H and O–H groups in total. The van der Waals surface area contributed by atoms with E-state index in [-0.39, 0.29) is 6.03 Å². The van der Waals surface area contributed by atoms with Crippen LogP contribution in [0.3, 0.4) is 0 Å². The molecule has 0 spiro atoms. The first-order valence-corrected chi connectivity index (χ1v) is 6.72. The van der Waals surface area contributed by atoms with Gasteiger partial charge < -0.3 is 10.6 Å². The van der Waals surface area contributed by atoms with Crippen LogP contribution in [-0.4, -0.2) is 17.6 Å². The molecule has 1 aromatic carbocycles. The number of carbonyl (C=O) groups is 1. The quantitative estimate of drug-likeness (QED) is 0.909. The summed E-state index contributed by atoms with van der Waals surface area (Å²) in [5.74, 6) is 0. The summed E-state index contributed by atoms with van der Waals surface area (Å²) in [5.41, 5.74) is 1.86. The predicted octanol–water partition coefficient (Wildman–Crippen LogP) is 3.21. The summed E-state index contributed by atoms with van der Waals surface area (Å²) in [7, 11) is 0. The summed E-state index contributed by atoms with van der Waals surface area (Å²) in [4.78, 5) is 15.5. The zero-order valence-electron chi connectivity index (χ0n) is 10.3. The lowest BCUT2D eigenvalue weighted by Gasteiger charge is -2.07. The van der Waals surface area contributed by atoms with E-state index in [2.05, 4.69) is 31.5 Å². The number of hydrogen-bond donors (Lipinski definition) is 2. The van der Waals surface area contributed by atoms with Crippen molar-refractivity contribution in [3.8, 4) is 0 Å². The molecule has 0 fully saturated rings. The van der Waals surface area contributed by atoms with Crippen molar-refractivity contribution in [2.24, 2.45) is 0 Å². The fourth-order valence-corrected chi connectivity index (χ4v) is 2.07. The number of pyridine rings is 1. The summed E-state index contributed by atoms with van der Waals surface area (Å²) in [5, 5.41) is 5.52. The first-order chi connectivity index (χ1) is 9.24. The van der Waals surface area contributed by atoms with E-state index in [1.165, 1.54) is 5.56 Å². The lowest BCUT2D eigenvalue weighted by Crippen LogP contribution is -2.30. The van der Waals surface area contributed by atoms with Crippen molar-refractivity contribution >= 4 is 27.6 Å². The molecular weight excluding hydrogens is 306 g/mol. The minimum Gasteiger partial charge on any atom is -0.338 e. The van der Waals surface area contributed by atoms with Crippen molar-refractivity contribution < 1.29 is 4.79 Å². The van der Waals surface area contributed by atoms with Crippen LogP contribution >= 0.6 is 15.9 Å². The molecule has 0 aliphatic heterocycles. The third-order valence-electron chi connectivity index (χ3n) is 2.51. The lowest BCUT2D eigenvalue weighted by molar-refractivity contribution is 0.252. The number of hydrogen-bond acceptors (Lipinski definition) is 2. The Hall–Kier alpha value is -1.88. The molecule has 0 radical (unpaired) electrons. The van der Waals surface area contributed by atoms with E-state index < -0.39 is 0 Å². The van der Waals surface area contributed by atoms with Crippen molar-refractivity contribution in [3.05, 3.63) is 58.8 Å². The topological polar surface area (TPSA) is 54.0 Å². The zero-order chi connectivity index (χ0) is 13.5. The van der Waals surface area contributed by atoms with Gasteiger partial charge in [-0.05, 0) is 36.2 Å². The maximum atomic E-state index is 11.6. The number of halogens is 1. The molecule has 0 saturated carbocycles. The molecular formula is C14H14BrN3O. The summed E-state index contributed by atoms with van der Waals surface area (Å²) in [6.07, 6.45) is 4.06. The largest absolute Gasteiger partial charge is 0.338 e. The Bertz CT molecular complexity index is 545. The van der Waals surface area contributed by atoms with Crippen LogP contribution in [0.4, 0.5) is 10.5 Å². The standard InChI is InChI=1S/C14H14BrN3O/c15-12-4-1-3-11(9-12)6-8-17-14(19)18-13-5-2-7-16-10-13/h1-5,7,9-10H,6,8H2,(H2,17,18,19). The SMILES string of the molecule is O=C(NCCc1cccc(Br)c1)Nc1cccnc1. The van der Waals surface area contributed by atoms with Crippen LogP contribution in [0.5, 0.6) is 0 Å². The monoisotopic (exact) mass is 319 g/mol. The Morgan fingerprint density at radius 1 is 1.26 bits per heavy atom. The molecule has 0 aliphatic carbocycles. The minimum absolute atomic E-state index is 0.219. The van der Waals surface area contributed by atoms with E-state index in [4.69, 9.17) is 0 Å². The second kappa shape index (κ2) is 6.89. The molecule has 0 atom stereocenters. The van der Waals surface area contributed by atoms with Crippen molar-refractivity contribution in [2.75, 3.05) is 11.9 Å². The summed E-state index contributed by atoms with van der Waals surface area (Å²) < 4.78 is 1.05. The number of benzene rings is 1. The molecule has 0 bridgehead atoms.